The van der Waals surface area contributed by atoms with E-state index in [1.807, 2.05) is 11.8 Å². The Hall–Kier alpha value is -0.483. The van der Waals surface area contributed by atoms with E-state index in [0.29, 0.717) is 25.7 Å². The highest BCUT2D eigenvalue weighted by Crippen LogP contribution is 2.39. The highest BCUT2D eigenvalue weighted by atomic mass is 32.2. The molecule has 1 N–H and O–H groups in total. The van der Waals surface area contributed by atoms with Crippen molar-refractivity contribution < 1.29 is 22.4 Å². The van der Waals surface area contributed by atoms with Gasteiger partial charge in [0.25, 0.3) is 0 Å². The smallest absolute Gasteiger partial charge is 0.222 e. The third kappa shape index (κ3) is 8.08. The van der Waals surface area contributed by atoms with E-state index in [-0.39, 0.29) is 29.1 Å². The summed E-state index contributed by atoms with van der Waals surface area (Å²) < 4.78 is 39.5. The molecular formula is C23H46N2O5SSi. The van der Waals surface area contributed by atoms with Crippen LogP contribution in [0.1, 0.15) is 79.1 Å². The van der Waals surface area contributed by atoms with Crippen LogP contribution in [0.15, 0.2) is 0 Å². The van der Waals surface area contributed by atoms with Crippen molar-refractivity contribution in [3.63, 3.8) is 0 Å². The number of likely N-dealkylation sites (tertiary alicyclic amines) is 1. The van der Waals surface area contributed by atoms with Crippen LogP contribution in [0, 0.1) is 0 Å². The van der Waals surface area contributed by atoms with Gasteiger partial charge >= 0.3 is 0 Å². The van der Waals surface area contributed by atoms with E-state index in [4.69, 9.17) is 9.16 Å². The van der Waals surface area contributed by atoms with Crippen molar-refractivity contribution in [3.05, 3.63) is 0 Å². The van der Waals surface area contributed by atoms with Gasteiger partial charge in [-0.05, 0) is 63.1 Å². The van der Waals surface area contributed by atoms with Crippen LogP contribution in [0.4, 0.5) is 0 Å². The molecule has 2 rings (SSSR count). The summed E-state index contributed by atoms with van der Waals surface area (Å²) in [7, 11) is -5.13. The van der Waals surface area contributed by atoms with Crippen molar-refractivity contribution in [1.82, 2.24) is 9.62 Å². The van der Waals surface area contributed by atoms with E-state index < -0.39 is 18.3 Å². The van der Waals surface area contributed by atoms with E-state index in [0.717, 1.165) is 44.9 Å². The molecular weight excluding hydrogens is 444 g/mol. The molecule has 2 aliphatic rings. The van der Waals surface area contributed by atoms with Crippen LogP contribution in [-0.4, -0.2) is 71.2 Å². The standard InChI is InChI=1S/C23H46N2O5SSi/c1-8-10-22(26)25-16-9-11-20(24-31(5,27)28)21(25)17-29-18-12-14-19(15-13-18)30-32(6,7)23(2,3)4/h18-21,24H,8-17H2,1-7H3/t18?,19?,20-,21-/m0/s1. The number of hydrogen-bond acceptors (Lipinski definition) is 5. The number of rotatable bonds is 9. The molecule has 9 heteroatoms. The van der Waals surface area contributed by atoms with Gasteiger partial charge in [-0.1, -0.05) is 27.7 Å². The van der Waals surface area contributed by atoms with E-state index >= 15 is 0 Å². The molecule has 1 amide bonds. The molecule has 1 aliphatic carbocycles. The van der Waals surface area contributed by atoms with E-state index in [1.165, 1.54) is 6.26 Å². The number of carbonyl (C=O) groups is 1. The van der Waals surface area contributed by atoms with Gasteiger partial charge in [-0.3, -0.25) is 4.79 Å². The summed E-state index contributed by atoms with van der Waals surface area (Å²) in [4.78, 5) is 14.6. The Bertz CT molecular complexity index is 714. The molecule has 0 spiro atoms. The second-order valence-corrected chi connectivity index (χ2v) is 17.7. The average molecular weight is 491 g/mol. The lowest BCUT2D eigenvalue weighted by atomic mass is 9.94. The number of amides is 1. The maximum absolute atomic E-state index is 12.7. The molecule has 1 heterocycles. The van der Waals surface area contributed by atoms with Crippen LogP contribution in [0.3, 0.4) is 0 Å². The van der Waals surface area contributed by atoms with Crippen molar-refractivity contribution in [3.8, 4) is 0 Å². The molecule has 7 nitrogen and oxygen atoms in total. The molecule has 0 aromatic heterocycles. The summed E-state index contributed by atoms with van der Waals surface area (Å²) in [6.07, 6.45) is 8.28. The molecule has 32 heavy (non-hydrogen) atoms. The zero-order valence-corrected chi connectivity index (χ0v) is 23.1. The van der Waals surface area contributed by atoms with Gasteiger partial charge in [0.05, 0.1) is 25.0 Å². The van der Waals surface area contributed by atoms with Gasteiger partial charge in [0.1, 0.15) is 0 Å². The van der Waals surface area contributed by atoms with Crippen molar-refractivity contribution in [2.45, 2.75) is 121 Å². The second-order valence-electron chi connectivity index (χ2n) is 11.2. The minimum Gasteiger partial charge on any atom is -0.414 e. The normalized spacial score (nSPS) is 28.0. The fraction of sp³-hybridized carbons (Fsp3) is 0.957. The van der Waals surface area contributed by atoms with Gasteiger partial charge in [-0.25, -0.2) is 13.1 Å². The number of carbonyl (C=O) groups excluding carboxylic acids is 1. The summed E-state index contributed by atoms with van der Waals surface area (Å²) in [5.74, 6) is 0.0904. The van der Waals surface area contributed by atoms with E-state index in [9.17, 15) is 13.2 Å². The third-order valence-corrected chi connectivity index (χ3v) is 12.6. The Kier molecular flexibility index (Phi) is 9.80. The first-order chi connectivity index (χ1) is 14.7. The minimum absolute atomic E-state index is 0.0904. The molecule has 0 unspecified atom stereocenters. The van der Waals surface area contributed by atoms with Gasteiger partial charge in [-0.15, -0.1) is 0 Å². The molecule has 0 bridgehead atoms. The van der Waals surface area contributed by atoms with Gasteiger partial charge < -0.3 is 14.1 Å². The summed E-state index contributed by atoms with van der Waals surface area (Å²) in [5.41, 5.74) is 0. The average Bonchev–Trinajstić information content (AvgIpc) is 2.66. The minimum atomic E-state index is -3.35. The molecule has 1 aliphatic heterocycles. The first-order valence-corrected chi connectivity index (χ1v) is 17.1. The number of hydrogen-bond donors (Lipinski definition) is 1. The summed E-state index contributed by atoms with van der Waals surface area (Å²) in [6, 6.07) is -0.545. The molecule has 2 atom stereocenters. The SMILES string of the molecule is CCCC(=O)N1CCC[C@H](NS(C)(=O)=O)[C@@H]1COC1CCC(O[Si](C)(C)C(C)(C)C)CC1. The summed E-state index contributed by atoms with van der Waals surface area (Å²) in [5, 5.41) is 0.206. The van der Waals surface area contributed by atoms with Gasteiger partial charge in [0.15, 0.2) is 8.32 Å². The van der Waals surface area contributed by atoms with Crippen LogP contribution in [-0.2, 0) is 24.0 Å². The first kappa shape index (κ1) is 27.8. The lowest BCUT2D eigenvalue weighted by Crippen LogP contribution is -2.59. The highest BCUT2D eigenvalue weighted by molar-refractivity contribution is 7.88. The Labute approximate surface area is 197 Å². The van der Waals surface area contributed by atoms with Crippen molar-refractivity contribution in [2.75, 3.05) is 19.4 Å². The van der Waals surface area contributed by atoms with Crippen LogP contribution >= 0.6 is 0 Å². The summed E-state index contributed by atoms with van der Waals surface area (Å²) in [6.45, 7) is 14.4. The highest BCUT2D eigenvalue weighted by Gasteiger charge is 2.40. The maximum Gasteiger partial charge on any atom is 0.222 e. The number of ether oxygens (including phenoxy) is 1. The lowest BCUT2D eigenvalue weighted by Gasteiger charge is -2.43. The van der Waals surface area contributed by atoms with Crippen molar-refractivity contribution in [1.29, 1.82) is 0 Å². The Balaban J connectivity index is 1.95. The van der Waals surface area contributed by atoms with Gasteiger partial charge in [-0.2, -0.15) is 0 Å². The molecule has 1 saturated heterocycles. The topological polar surface area (TPSA) is 84.9 Å². The Morgan fingerprint density at radius 2 is 1.69 bits per heavy atom. The molecule has 0 radical (unpaired) electrons. The fourth-order valence-corrected chi connectivity index (χ4v) is 6.73. The van der Waals surface area contributed by atoms with Gasteiger partial charge in [0.2, 0.25) is 15.9 Å². The Morgan fingerprint density at radius 3 is 2.22 bits per heavy atom. The molecule has 0 aromatic rings. The van der Waals surface area contributed by atoms with Crippen LogP contribution in [0.2, 0.25) is 18.1 Å². The van der Waals surface area contributed by atoms with Crippen LogP contribution in [0.25, 0.3) is 0 Å². The van der Waals surface area contributed by atoms with Crippen molar-refractivity contribution >= 4 is 24.2 Å². The zero-order chi connectivity index (χ0) is 24.2. The number of nitrogens with zero attached hydrogens (tertiary/aromatic N) is 1. The van der Waals surface area contributed by atoms with Crippen LogP contribution in [0.5, 0.6) is 0 Å². The van der Waals surface area contributed by atoms with Crippen molar-refractivity contribution in [2.24, 2.45) is 0 Å². The second kappa shape index (κ2) is 11.3. The predicted octanol–water partition coefficient (Wildman–Crippen LogP) is 4.04. The maximum atomic E-state index is 12.7. The van der Waals surface area contributed by atoms with E-state index in [2.05, 4.69) is 38.6 Å². The molecule has 2 fully saturated rings. The summed E-state index contributed by atoms with van der Waals surface area (Å²) >= 11 is 0. The molecule has 0 aromatic carbocycles. The number of nitrogens with one attached hydrogen (secondary N) is 1. The number of sulfonamides is 1. The largest absolute Gasteiger partial charge is 0.414 e. The first-order valence-electron chi connectivity index (χ1n) is 12.3. The third-order valence-electron chi connectivity index (χ3n) is 7.32. The molecule has 1 saturated carbocycles. The Morgan fingerprint density at radius 1 is 1.09 bits per heavy atom. The van der Waals surface area contributed by atoms with Gasteiger partial charge in [0, 0.05) is 25.1 Å². The zero-order valence-electron chi connectivity index (χ0n) is 21.3. The number of piperidine rings is 1. The monoisotopic (exact) mass is 490 g/mol. The lowest BCUT2D eigenvalue weighted by molar-refractivity contribution is -0.138. The van der Waals surface area contributed by atoms with Crippen LogP contribution < -0.4 is 4.72 Å². The van der Waals surface area contributed by atoms with E-state index in [1.54, 1.807) is 0 Å². The fourth-order valence-electron chi connectivity index (χ4n) is 4.49. The molecule has 188 valence electrons. The predicted molar refractivity (Wildman–Crippen MR) is 132 cm³/mol. The quantitative estimate of drug-likeness (QED) is 0.493.